The van der Waals surface area contributed by atoms with Crippen molar-refractivity contribution in [3.8, 4) is 0 Å². The molecule has 1 atom stereocenters. The molecule has 128 valence electrons. The Morgan fingerprint density at radius 3 is 2.91 bits per heavy atom. The first-order chi connectivity index (χ1) is 10.2. The molecule has 1 aliphatic rings. The number of likely N-dealkylation sites (N-methyl/N-ethyl adjacent to an activating group) is 1. The maximum atomic E-state index is 12.5. The van der Waals surface area contributed by atoms with Crippen molar-refractivity contribution in [2.24, 2.45) is 0 Å². The van der Waals surface area contributed by atoms with E-state index in [1.54, 1.807) is 6.33 Å². The molecule has 1 saturated heterocycles. The van der Waals surface area contributed by atoms with Crippen LogP contribution in [0.25, 0.3) is 11.2 Å². The highest BCUT2D eigenvalue weighted by molar-refractivity contribution is 5.87. The second-order valence-corrected chi connectivity index (χ2v) is 5.29. The molecule has 0 bridgehead atoms. The van der Waals surface area contributed by atoms with E-state index in [0.717, 1.165) is 25.2 Å². The zero-order valence-corrected chi connectivity index (χ0v) is 14.7. The normalized spacial score (nSPS) is 17.3. The molecule has 1 aliphatic heterocycles. The first-order valence-electron chi connectivity index (χ1n) is 7.02. The number of rotatable bonds is 3. The number of aromatic nitrogens is 4. The van der Waals surface area contributed by atoms with Gasteiger partial charge in [0.05, 0.1) is 12.9 Å². The van der Waals surface area contributed by atoms with Crippen molar-refractivity contribution in [3.63, 3.8) is 0 Å². The smallest absolute Gasteiger partial charge is 0.242 e. The molecular weight excluding hydrogens is 341 g/mol. The summed E-state index contributed by atoms with van der Waals surface area (Å²) in [6.07, 6.45) is 3.05. The highest BCUT2D eigenvalue weighted by atomic mass is 35.5. The third kappa shape index (κ3) is 4.01. The summed E-state index contributed by atoms with van der Waals surface area (Å²) in [5, 5.41) is 3.28. The van der Waals surface area contributed by atoms with Crippen molar-refractivity contribution >= 4 is 47.7 Å². The van der Waals surface area contributed by atoms with Crippen molar-refractivity contribution in [2.45, 2.75) is 13.0 Å². The number of amides is 1. The van der Waals surface area contributed by atoms with Crippen LogP contribution in [0.3, 0.4) is 0 Å². The van der Waals surface area contributed by atoms with E-state index in [0.29, 0.717) is 11.5 Å². The van der Waals surface area contributed by atoms with Crippen LogP contribution in [-0.2, 0) is 4.79 Å². The minimum absolute atomic E-state index is 0. The average Bonchev–Trinajstić information content (AvgIpc) is 2.95. The fourth-order valence-electron chi connectivity index (χ4n) is 2.62. The van der Waals surface area contributed by atoms with Crippen molar-refractivity contribution < 1.29 is 4.79 Å². The van der Waals surface area contributed by atoms with E-state index in [4.69, 9.17) is 0 Å². The van der Waals surface area contributed by atoms with E-state index in [1.807, 2.05) is 16.8 Å². The lowest BCUT2D eigenvalue weighted by Crippen LogP contribution is -2.54. The van der Waals surface area contributed by atoms with Crippen molar-refractivity contribution in [2.75, 3.05) is 38.1 Å². The number of H-pyrrole nitrogens is 1. The molecule has 3 heterocycles. The summed E-state index contributed by atoms with van der Waals surface area (Å²) < 4.78 is 0. The van der Waals surface area contributed by atoms with Gasteiger partial charge in [0.2, 0.25) is 5.91 Å². The number of piperazine rings is 1. The Balaban J connectivity index is 0.00000132. The van der Waals surface area contributed by atoms with E-state index in [-0.39, 0.29) is 43.3 Å². The number of carbonyl (C=O) groups is 1. The predicted molar refractivity (Wildman–Crippen MR) is 93.5 cm³/mol. The number of anilines is 1. The first kappa shape index (κ1) is 19.4. The molecule has 23 heavy (non-hydrogen) atoms. The van der Waals surface area contributed by atoms with Gasteiger partial charge in [-0.2, -0.15) is 0 Å². The van der Waals surface area contributed by atoms with Gasteiger partial charge in [0.25, 0.3) is 0 Å². The van der Waals surface area contributed by atoms with Gasteiger partial charge in [0.1, 0.15) is 11.8 Å². The number of aromatic amines is 1. The monoisotopic (exact) mass is 361 g/mol. The van der Waals surface area contributed by atoms with Gasteiger partial charge in [-0.05, 0) is 6.92 Å². The van der Waals surface area contributed by atoms with Crippen LogP contribution in [0.1, 0.15) is 6.92 Å². The molecule has 0 spiro atoms. The summed E-state index contributed by atoms with van der Waals surface area (Å²) >= 11 is 0. The van der Waals surface area contributed by atoms with Gasteiger partial charge in [-0.15, -0.1) is 24.8 Å². The molecule has 1 amide bonds. The number of nitrogens with one attached hydrogen (secondary N) is 2. The lowest BCUT2D eigenvalue weighted by atomic mass is 10.2. The Morgan fingerprint density at radius 2 is 2.17 bits per heavy atom. The molecule has 2 aromatic rings. The molecule has 0 saturated carbocycles. The Hall–Kier alpha value is -1.64. The largest absolute Gasteiger partial charge is 0.348 e. The zero-order chi connectivity index (χ0) is 14.8. The quantitative estimate of drug-likeness (QED) is 0.824. The van der Waals surface area contributed by atoms with E-state index in [9.17, 15) is 4.79 Å². The van der Waals surface area contributed by atoms with Crippen molar-refractivity contribution in [1.82, 2.24) is 30.2 Å². The summed E-state index contributed by atoms with van der Waals surface area (Å²) in [6, 6.07) is 0.220. The number of nitrogens with zero attached hydrogens (tertiary/aromatic N) is 5. The van der Waals surface area contributed by atoms with Crippen LogP contribution in [-0.4, -0.2) is 70.0 Å². The minimum Gasteiger partial charge on any atom is -0.348 e. The third-order valence-corrected chi connectivity index (χ3v) is 3.76. The number of imidazole rings is 1. The Morgan fingerprint density at radius 1 is 1.39 bits per heavy atom. The van der Waals surface area contributed by atoms with E-state index < -0.39 is 0 Å². The fourth-order valence-corrected chi connectivity index (χ4v) is 2.62. The molecule has 10 heteroatoms. The van der Waals surface area contributed by atoms with E-state index in [1.165, 1.54) is 6.33 Å². The van der Waals surface area contributed by atoms with E-state index >= 15 is 0 Å². The molecule has 0 radical (unpaired) electrons. The summed E-state index contributed by atoms with van der Waals surface area (Å²) in [4.78, 5) is 31.7. The molecule has 2 N–H and O–H groups in total. The van der Waals surface area contributed by atoms with Crippen LogP contribution in [0.15, 0.2) is 12.7 Å². The maximum Gasteiger partial charge on any atom is 0.242 e. The van der Waals surface area contributed by atoms with Crippen LogP contribution in [0.2, 0.25) is 0 Å². The highest BCUT2D eigenvalue weighted by Crippen LogP contribution is 2.18. The molecule has 0 aromatic carbocycles. The maximum absolute atomic E-state index is 12.5. The topological polar surface area (TPSA) is 90.0 Å². The van der Waals surface area contributed by atoms with Crippen LogP contribution in [0, 0.1) is 0 Å². The summed E-state index contributed by atoms with van der Waals surface area (Å²) in [5.41, 5.74) is 1.36. The van der Waals surface area contributed by atoms with Gasteiger partial charge in [-0.25, -0.2) is 15.0 Å². The lowest BCUT2D eigenvalue weighted by Gasteiger charge is -2.35. The van der Waals surface area contributed by atoms with Gasteiger partial charge in [-0.3, -0.25) is 4.79 Å². The minimum atomic E-state index is 0. The summed E-state index contributed by atoms with van der Waals surface area (Å²) in [6.45, 7) is 4.78. The average molecular weight is 362 g/mol. The second kappa shape index (κ2) is 8.28. The summed E-state index contributed by atoms with van der Waals surface area (Å²) in [5.74, 6) is 0.798. The molecule has 0 aliphatic carbocycles. The van der Waals surface area contributed by atoms with Crippen LogP contribution >= 0.6 is 24.8 Å². The molecule has 2 aromatic heterocycles. The zero-order valence-electron chi connectivity index (χ0n) is 13.0. The van der Waals surface area contributed by atoms with Gasteiger partial charge >= 0.3 is 0 Å². The highest BCUT2D eigenvalue weighted by Gasteiger charge is 2.24. The van der Waals surface area contributed by atoms with Gasteiger partial charge < -0.3 is 20.1 Å². The molecule has 1 fully saturated rings. The molecule has 1 unspecified atom stereocenters. The number of halogens is 2. The first-order valence-corrected chi connectivity index (χ1v) is 7.02. The third-order valence-electron chi connectivity index (χ3n) is 3.76. The fraction of sp³-hybridized carbons (Fsp3) is 0.538. The Labute approximate surface area is 146 Å². The lowest BCUT2D eigenvalue weighted by molar-refractivity contribution is -0.132. The van der Waals surface area contributed by atoms with E-state index in [2.05, 4.69) is 32.2 Å². The van der Waals surface area contributed by atoms with Crippen molar-refractivity contribution in [1.29, 1.82) is 0 Å². The SMILES string of the molecule is CC1CNCCN1C(=O)CN(C)c1ncnc2nc[nH]c12.Cl.Cl. The van der Waals surface area contributed by atoms with Crippen LogP contribution in [0.4, 0.5) is 5.82 Å². The van der Waals surface area contributed by atoms with Crippen LogP contribution in [0.5, 0.6) is 0 Å². The van der Waals surface area contributed by atoms with Gasteiger partial charge in [-0.1, -0.05) is 0 Å². The van der Waals surface area contributed by atoms with Gasteiger partial charge in [0, 0.05) is 32.7 Å². The molecular formula is C13H21Cl2N7O. The Kier molecular flexibility index (Phi) is 6.99. The van der Waals surface area contributed by atoms with Crippen LogP contribution < -0.4 is 10.2 Å². The number of hydrogen-bond acceptors (Lipinski definition) is 6. The van der Waals surface area contributed by atoms with Gasteiger partial charge in [0.15, 0.2) is 11.5 Å². The molecule has 3 rings (SSSR count). The number of fused-ring (bicyclic) bond motifs is 1. The predicted octanol–water partition coefficient (Wildman–Crippen LogP) is 0.453. The second-order valence-electron chi connectivity index (χ2n) is 5.29. The standard InChI is InChI=1S/C13H19N7O.2ClH/c1-9-5-14-3-4-20(9)10(21)6-19(2)13-11-12(16-7-15-11)17-8-18-13;;/h7-9,14H,3-6H2,1-2H3,(H,15,16,17,18);2*1H. The number of hydrogen-bond donors (Lipinski definition) is 2. The number of carbonyl (C=O) groups excluding carboxylic acids is 1. The molecule has 8 nitrogen and oxygen atoms in total. The Bertz CT molecular complexity index is 650. The van der Waals surface area contributed by atoms with Crippen molar-refractivity contribution in [3.05, 3.63) is 12.7 Å². The summed E-state index contributed by atoms with van der Waals surface area (Å²) in [7, 11) is 1.85.